The van der Waals surface area contributed by atoms with Gasteiger partial charge in [-0.15, -0.1) is 0 Å². The van der Waals surface area contributed by atoms with Crippen LogP contribution in [0.5, 0.6) is 0 Å². The molecule has 0 radical (unpaired) electrons. The molecule has 8 heteroatoms. The molecule has 2 amide bonds. The van der Waals surface area contributed by atoms with E-state index in [0.717, 1.165) is 55.1 Å². The van der Waals surface area contributed by atoms with Crippen LogP contribution >= 0.6 is 11.8 Å². The number of anilines is 1. The van der Waals surface area contributed by atoms with Gasteiger partial charge in [0, 0.05) is 18.3 Å². The van der Waals surface area contributed by atoms with Crippen LogP contribution in [-0.4, -0.2) is 51.4 Å². The first kappa shape index (κ1) is 21.0. The van der Waals surface area contributed by atoms with Gasteiger partial charge in [-0.1, -0.05) is 37.6 Å². The maximum atomic E-state index is 13.1. The van der Waals surface area contributed by atoms with E-state index in [1.54, 1.807) is 0 Å². The molecule has 1 aromatic rings. The highest BCUT2D eigenvalue weighted by Crippen LogP contribution is 2.38. The van der Waals surface area contributed by atoms with E-state index in [0.29, 0.717) is 0 Å². The molecule has 2 fully saturated rings. The van der Waals surface area contributed by atoms with Gasteiger partial charge in [-0.25, -0.2) is 0 Å². The first-order chi connectivity index (χ1) is 14.5. The second-order valence-electron chi connectivity index (χ2n) is 8.43. The Labute approximate surface area is 182 Å². The van der Waals surface area contributed by atoms with Crippen molar-refractivity contribution in [2.45, 2.75) is 65.2 Å². The van der Waals surface area contributed by atoms with Crippen molar-refractivity contribution in [3.05, 3.63) is 29.3 Å². The zero-order valence-electron chi connectivity index (χ0n) is 18.0. The minimum Gasteiger partial charge on any atom is -0.325 e. The van der Waals surface area contributed by atoms with Crippen LogP contribution in [-0.2, 0) is 9.59 Å². The van der Waals surface area contributed by atoms with Crippen molar-refractivity contribution < 1.29 is 9.59 Å². The molecule has 4 rings (SSSR count). The lowest BCUT2D eigenvalue weighted by molar-refractivity contribution is -0.155. The lowest BCUT2D eigenvalue weighted by Gasteiger charge is -2.50. The number of hydrazone groups is 1. The van der Waals surface area contributed by atoms with Crippen molar-refractivity contribution in [1.82, 2.24) is 15.2 Å². The minimum atomic E-state index is -0.220. The number of hydrogen-bond acceptors (Lipinski definition) is 6. The number of carbonyl (C=O) groups is 2. The van der Waals surface area contributed by atoms with Gasteiger partial charge in [0.15, 0.2) is 11.5 Å². The molecule has 2 N–H and O–H groups in total. The molecular weight excluding hydrogens is 398 g/mol. The zero-order chi connectivity index (χ0) is 21.3. The molecule has 3 aliphatic rings. The first-order valence-corrected chi connectivity index (χ1v) is 11.9. The van der Waals surface area contributed by atoms with Gasteiger partial charge in [-0.2, -0.15) is 5.10 Å². The SMILES string of the molecule is CCCN1C(=O)C2CCCCC2N2C(SCC(=O)Nc3ccc(C)c(C)c3)=NNC12. The van der Waals surface area contributed by atoms with E-state index < -0.39 is 0 Å². The van der Waals surface area contributed by atoms with Crippen molar-refractivity contribution in [3.8, 4) is 0 Å². The summed E-state index contributed by atoms with van der Waals surface area (Å²) in [5, 5.41) is 8.32. The van der Waals surface area contributed by atoms with Gasteiger partial charge in [0.05, 0.1) is 11.7 Å². The molecule has 2 heterocycles. The Hall–Kier alpha value is -2.22. The van der Waals surface area contributed by atoms with Crippen molar-refractivity contribution in [2.75, 3.05) is 17.6 Å². The second kappa shape index (κ2) is 8.88. The number of thioether (sulfide) groups is 1. The van der Waals surface area contributed by atoms with Gasteiger partial charge < -0.3 is 15.1 Å². The quantitative estimate of drug-likeness (QED) is 0.751. The summed E-state index contributed by atoms with van der Waals surface area (Å²) in [6.07, 6.45) is 4.88. The number of rotatable bonds is 5. The number of benzene rings is 1. The number of nitrogens with zero attached hydrogens (tertiary/aromatic N) is 3. The van der Waals surface area contributed by atoms with E-state index in [1.807, 2.05) is 30.0 Å². The summed E-state index contributed by atoms with van der Waals surface area (Å²) in [6, 6.07) is 6.12. The fourth-order valence-electron chi connectivity index (χ4n) is 4.67. The molecule has 30 heavy (non-hydrogen) atoms. The lowest BCUT2D eigenvalue weighted by atomic mass is 9.81. The van der Waals surface area contributed by atoms with Crippen LogP contribution < -0.4 is 10.7 Å². The average Bonchev–Trinajstić information content (AvgIpc) is 3.16. The number of fused-ring (bicyclic) bond motifs is 3. The van der Waals surface area contributed by atoms with Gasteiger partial charge >= 0.3 is 0 Å². The van der Waals surface area contributed by atoms with Gasteiger partial charge in [0.2, 0.25) is 11.8 Å². The summed E-state index contributed by atoms with van der Waals surface area (Å²) in [6.45, 7) is 6.91. The highest BCUT2D eigenvalue weighted by atomic mass is 32.2. The Morgan fingerprint density at radius 2 is 2.07 bits per heavy atom. The summed E-state index contributed by atoms with van der Waals surface area (Å²) >= 11 is 1.44. The molecule has 3 unspecified atom stereocenters. The van der Waals surface area contributed by atoms with Crippen LogP contribution in [0.3, 0.4) is 0 Å². The number of aryl methyl sites for hydroxylation is 2. The van der Waals surface area contributed by atoms with E-state index in [2.05, 4.69) is 34.6 Å². The third kappa shape index (κ3) is 4.02. The van der Waals surface area contributed by atoms with E-state index in [4.69, 9.17) is 0 Å². The van der Waals surface area contributed by atoms with Crippen LogP contribution in [0.2, 0.25) is 0 Å². The van der Waals surface area contributed by atoms with Gasteiger partial charge in [-0.05, 0) is 56.4 Å². The van der Waals surface area contributed by atoms with Crippen molar-refractivity contribution in [1.29, 1.82) is 0 Å². The van der Waals surface area contributed by atoms with Gasteiger partial charge in [0.1, 0.15) is 0 Å². The van der Waals surface area contributed by atoms with Crippen molar-refractivity contribution in [2.24, 2.45) is 11.0 Å². The van der Waals surface area contributed by atoms with E-state index >= 15 is 0 Å². The molecule has 1 saturated heterocycles. The highest BCUT2D eigenvalue weighted by Gasteiger charge is 2.50. The summed E-state index contributed by atoms with van der Waals surface area (Å²) < 4.78 is 0. The maximum absolute atomic E-state index is 13.1. The Bertz CT molecular complexity index is 858. The Balaban J connectivity index is 1.42. The van der Waals surface area contributed by atoms with E-state index in [-0.39, 0.29) is 35.8 Å². The predicted molar refractivity (Wildman–Crippen MR) is 121 cm³/mol. The average molecular weight is 430 g/mol. The largest absolute Gasteiger partial charge is 0.325 e. The Morgan fingerprint density at radius 3 is 2.83 bits per heavy atom. The molecule has 1 saturated carbocycles. The Kier molecular flexibility index (Phi) is 6.22. The van der Waals surface area contributed by atoms with E-state index in [9.17, 15) is 9.59 Å². The molecule has 0 bridgehead atoms. The standard InChI is InChI=1S/C22H31N5O2S/c1-4-11-26-20(29)17-7-5-6-8-18(17)27-21(26)24-25-22(27)30-13-19(28)23-16-10-9-14(2)15(3)12-16/h9-10,12,17-18,21,24H,4-8,11,13H2,1-3H3,(H,23,28). The molecular formula is C22H31N5O2S. The van der Waals surface area contributed by atoms with Crippen molar-refractivity contribution in [3.63, 3.8) is 0 Å². The topological polar surface area (TPSA) is 77.0 Å². The second-order valence-corrected chi connectivity index (χ2v) is 9.37. The Morgan fingerprint density at radius 1 is 1.27 bits per heavy atom. The molecule has 0 aromatic heterocycles. The van der Waals surface area contributed by atoms with Gasteiger partial charge in [0.25, 0.3) is 0 Å². The summed E-state index contributed by atoms with van der Waals surface area (Å²) in [7, 11) is 0. The number of amides is 2. The zero-order valence-corrected chi connectivity index (χ0v) is 18.8. The summed E-state index contributed by atoms with van der Waals surface area (Å²) in [5.41, 5.74) is 6.34. The van der Waals surface area contributed by atoms with Crippen LogP contribution in [0.15, 0.2) is 23.3 Å². The first-order valence-electron chi connectivity index (χ1n) is 10.9. The third-order valence-electron chi connectivity index (χ3n) is 6.33. The molecule has 0 spiro atoms. The predicted octanol–water partition coefficient (Wildman–Crippen LogP) is 3.25. The summed E-state index contributed by atoms with van der Waals surface area (Å²) in [5.74, 6) is 0.532. The number of nitrogens with one attached hydrogen (secondary N) is 2. The highest BCUT2D eigenvalue weighted by molar-refractivity contribution is 8.14. The third-order valence-corrected chi connectivity index (χ3v) is 7.30. The minimum absolute atomic E-state index is 0.0385. The number of amidine groups is 1. The van der Waals surface area contributed by atoms with Gasteiger partial charge in [-0.3, -0.25) is 15.0 Å². The molecule has 162 valence electrons. The fraction of sp³-hybridized carbons (Fsp3) is 0.591. The molecule has 1 aliphatic carbocycles. The normalized spacial score (nSPS) is 25.4. The number of carbonyl (C=O) groups excluding carboxylic acids is 2. The monoisotopic (exact) mass is 429 g/mol. The van der Waals surface area contributed by atoms with E-state index in [1.165, 1.54) is 17.3 Å². The maximum Gasteiger partial charge on any atom is 0.234 e. The molecule has 7 nitrogen and oxygen atoms in total. The van der Waals surface area contributed by atoms with Crippen molar-refractivity contribution >= 4 is 34.4 Å². The summed E-state index contributed by atoms with van der Waals surface area (Å²) in [4.78, 5) is 29.8. The molecule has 1 aromatic carbocycles. The van der Waals surface area contributed by atoms with Crippen LogP contribution in [0, 0.1) is 19.8 Å². The smallest absolute Gasteiger partial charge is 0.234 e. The van der Waals surface area contributed by atoms with Crippen LogP contribution in [0.25, 0.3) is 0 Å². The lowest BCUT2D eigenvalue weighted by Crippen LogP contribution is -2.67. The van der Waals surface area contributed by atoms with Crippen LogP contribution in [0.1, 0.15) is 50.2 Å². The number of hydrogen-bond donors (Lipinski definition) is 2. The molecule has 3 atom stereocenters. The fourth-order valence-corrected chi connectivity index (χ4v) is 5.51. The molecule has 2 aliphatic heterocycles. The van der Waals surface area contributed by atoms with Crippen LogP contribution in [0.4, 0.5) is 5.69 Å².